The molecule has 0 amide bonds. The van der Waals surface area contributed by atoms with Crippen LogP contribution in [0.1, 0.15) is 37.1 Å². The maximum Gasteiger partial charge on any atom is 0.490 e. The molecule has 0 radical (unpaired) electrons. The van der Waals surface area contributed by atoms with Crippen LogP contribution in [0.5, 0.6) is 0 Å². The molecule has 224 valence electrons. The average molecular weight is 575 g/mol. The monoisotopic (exact) mass is 574 g/mol. The Morgan fingerprint density at radius 3 is 1.95 bits per heavy atom. The third kappa shape index (κ3) is 10.6. The van der Waals surface area contributed by atoms with Gasteiger partial charge >= 0.3 is 24.3 Å². The predicted octanol–water partition coefficient (Wildman–Crippen LogP) is 3.57. The van der Waals surface area contributed by atoms with Crippen molar-refractivity contribution in [2.45, 2.75) is 51.5 Å². The molecule has 2 saturated heterocycles. The second-order valence-electron chi connectivity index (χ2n) is 10.5. The summed E-state index contributed by atoms with van der Waals surface area (Å²) in [5.41, 5.74) is 2.94. The molecule has 1 aromatic heterocycles. The molecule has 39 heavy (non-hydrogen) atoms. The van der Waals surface area contributed by atoms with Gasteiger partial charge in [-0.15, -0.1) is 0 Å². The Morgan fingerprint density at radius 2 is 1.54 bits per heavy atom. The van der Waals surface area contributed by atoms with Gasteiger partial charge in [0.05, 0.1) is 18.0 Å². The number of piperidine rings is 1. The highest BCUT2D eigenvalue weighted by molar-refractivity contribution is 5.73. The van der Waals surface area contributed by atoms with Crippen LogP contribution in [0.25, 0.3) is 0 Å². The topological polar surface area (TPSA) is 108 Å². The average Bonchev–Trinajstić information content (AvgIpc) is 3.50. The minimum atomic E-state index is -5.08. The van der Waals surface area contributed by atoms with Gasteiger partial charge in [-0.2, -0.15) is 31.4 Å². The van der Waals surface area contributed by atoms with Crippen molar-refractivity contribution >= 4 is 11.9 Å². The lowest BCUT2D eigenvalue weighted by Crippen LogP contribution is -2.45. The van der Waals surface area contributed by atoms with Crippen LogP contribution in [0.15, 0.2) is 6.07 Å². The minimum Gasteiger partial charge on any atom is -0.475 e. The van der Waals surface area contributed by atoms with Crippen LogP contribution in [-0.2, 0) is 27.9 Å². The first kappa shape index (κ1) is 32.8. The van der Waals surface area contributed by atoms with E-state index < -0.39 is 24.3 Å². The van der Waals surface area contributed by atoms with Crippen LogP contribution in [0.4, 0.5) is 26.3 Å². The maximum atomic E-state index is 10.6. The van der Waals surface area contributed by atoms with Gasteiger partial charge in [-0.3, -0.25) is 9.58 Å². The largest absolute Gasteiger partial charge is 0.490 e. The minimum absolute atomic E-state index is 0.483. The van der Waals surface area contributed by atoms with E-state index >= 15 is 0 Å². The first-order chi connectivity index (χ1) is 17.9. The summed E-state index contributed by atoms with van der Waals surface area (Å²) in [5, 5.41) is 18.7. The molecule has 3 fully saturated rings. The second kappa shape index (κ2) is 13.3. The fourth-order valence-electron chi connectivity index (χ4n) is 4.96. The highest BCUT2D eigenvalue weighted by Gasteiger charge is 2.47. The Hall–Kier alpha value is -2.39. The molecule has 3 aliphatic rings. The standard InChI is InChI=1S/C20H34N4O.2C2HF3O2/c1-16-10-19(23(3)21-16)12-24-8-6-20(7-9-24)15-22(2)11-18(20)14-25-13-17-4-5-17;2*3-2(4,5)1(6)7/h10,17-18H,4-9,11-15H2,1-3H3;2*(H,6,7). The molecule has 1 aliphatic carbocycles. The summed E-state index contributed by atoms with van der Waals surface area (Å²) in [6.45, 7) is 9.97. The SMILES string of the molecule is Cc1cc(CN2CCC3(CC2)CN(C)CC3COCC2CC2)n(C)n1.O=C(O)C(F)(F)F.O=C(O)C(F)(F)F. The van der Waals surface area contributed by atoms with E-state index in [0.717, 1.165) is 37.3 Å². The molecule has 9 nitrogen and oxygen atoms in total. The van der Waals surface area contributed by atoms with Crippen molar-refractivity contribution in [1.82, 2.24) is 19.6 Å². The number of aryl methyl sites for hydroxylation is 2. The smallest absolute Gasteiger partial charge is 0.475 e. The summed E-state index contributed by atoms with van der Waals surface area (Å²) >= 11 is 0. The van der Waals surface area contributed by atoms with Crippen molar-refractivity contribution in [3.05, 3.63) is 17.5 Å². The molecule has 0 aromatic carbocycles. The lowest BCUT2D eigenvalue weighted by atomic mass is 9.71. The zero-order valence-electron chi connectivity index (χ0n) is 22.2. The highest BCUT2D eigenvalue weighted by Crippen LogP contribution is 2.44. The number of likely N-dealkylation sites (tertiary alicyclic amines) is 2. The quantitative estimate of drug-likeness (QED) is 0.497. The third-order valence-electron chi connectivity index (χ3n) is 7.17. The third-order valence-corrected chi connectivity index (χ3v) is 7.17. The lowest BCUT2D eigenvalue weighted by molar-refractivity contribution is -0.193. The molecular formula is C24H36F6N4O5. The van der Waals surface area contributed by atoms with Gasteiger partial charge in [0.2, 0.25) is 0 Å². The number of aromatic nitrogens is 2. The molecule has 1 unspecified atom stereocenters. The molecule has 2 N–H and O–H groups in total. The zero-order valence-corrected chi connectivity index (χ0v) is 22.2. The van der Waals surface area contributed by atoms with Crippen molar-refractivity contribution in [2.24, 2.45) is 24.3 Å². The van der Waals surface area contributed by atoms with Gasteiger partial charge in [0.1, 0.15) is 0 Å². The Labute approximate surface area is 222 Å². The molecule has 1 aromatic rings. The van der Waals surface area contributed by atoms with Crippen molar-refractivity contribution in [3.8, 4) is 0 Å². The summed E-state index contributed by atoms with van der Waals surface area (Å²) in [7, 11) is 4.35. The van der Waals surface area contributed by atoms with E-state index in [0.29, 0.717) is 5.41 Å². The zero-order chi connectivity index (χ0) is 29.6. The Bertz CT molecular complexity index is 932. The molecule has 1 spiro atoms. The van der Waals surface area contributed by atoms with Gasteiger partial charge in [0.25, 0.3) is 0 Å². The molecule has 15 heteroatoms. The number of hydrogen-bond donors (Lipinski definition) is 2. The van der Waals surface area contributed by atoms with E-state index in [9.17, 15) is 26.3 Å². The molecule has 0 bridgehead atoms. The van der Waals surface area contributed by atoms with E-state index in [2.05, 4.69) is 42.0 Å². The van der Waals surface area contributed by atoms with Crippen molar-refractivity contribution in [3.63, 3.8) is 0 Å². The first-order valence-corrected chi connectivity index (χ1v) is 12.5. The summed E-state index contributed by atoms with van der Waals surface area (Å²) in [4.78, 5) is 22.9. The predicted molar refractivity (Wildman–Crippen MR) is 127 cm³/mol. The number of ether oxygens (including phenoxy) is 1. The Kier molecular flexibility index (Phi) is 11.2. The number of hydrogen-bond acceptors (Lipinski definition) is 6. The highest BCUT2D eigenvalue weighted by atomic mass is 19.4. The summed E-state index contributed by atoms with van der Waals surface area (Å²) in [6, 6.07) is 2.22. The second-order valence-corrected chi connectivity index (χ2v) is 10.5. The number of halogens is 6. The number of aliphatic carboxylic acids is 2. The summed E-state index contributed by atoms with van der Waals surface area (Å²) in [5.74, 6) is -3.92. The van der Waals surface area contributed by atoms with Gasteiger partial charge < -0.3 is 19.8 Å². The number of carbonyl (C=O) groups is 2. The first-order valence-electron chi connectivity index (χ1n) is 12.5. The number of rotatable bonds is 6. The van der Waals surface area contributed by atoms with Gasteiger partial charge in [0.15, 0.2) is 0 Å². The van der Waals surface area contributed by atoms with Crippen molar-refractivity contribution < 1.29 is 50.9 Å². The normalized spacial score (nSPS) is 21.6. The Balaban J connectivity index is 0.000000317. The fraction of sp³-hybridized carbons (Fsp3) is 0.792. The van der Waals surface area contributed by atoms with Crippen LogP contribution in [0, 0.1) is 24.2 Å². The summed E-state index contributed by atoms with van der Waals surface area (Å²) in [6.07, 6.45) is -4.77. The van der Waals surface area contributed by atoms with Gasteiger partial charge in [-0.1, -0.05) is 0 Å². The van der Waals surface area contributed by atoms with Gasteiger partial charge in [-0.05, 0) is 70.1 Å². The molecule has 3 heterocycles. The van der Waals surface area contributed by atoms with Crippen molar-refractivity contribution in [1.29, 1.82) is 0 Å². The van der Waals surface area contributed by atoms with Gasteiger partial charge in [-0.25, -0.2) is 9.59 Å². The van der Waals surface area contributed by atoms with E-state index in [1.807, 2.05) is 4.68 Å². The lowest BCUT2D eigenvalue weighted by Gasteiger charge is -2.42. The number of alkyl halides is 6. The Morgan fingerprint density at radius 1 is 1.03 bits per heavy atom. The molecule has 1 saturated carbocycles. The molecular weight excluding hydrogens is 538 g/mol. The molecule has 1 atom stereocenters. The van der Waals surface area contributed by atoms with Crippen LogP contribution < -0.4 is 0 Å². The van der Waals surface area contributed by atoms with E-state index in [-0.39, 0.29) is 0 Å². The van der Waals surface area contributed by atoms with Crippen molar-refractivity contribution in [2.75, 3.05) is 46.4 Å². The van der Waals surface area contributed by atoms with Crippen LogP contribution >= 0.6 is 0 Å². The van der Waals surface area contributed by atoms with Crippen LogP contribution in [-0.4, -0.2) is 101 Å². The molecule has 4 rings (SSSR count). The maximum absolute atomic E-state index is 10.6. The van der Waals surface area contributed by atoms with E-state index in [4.69, 9.17) is 24.5 Å². The molecule has 2 aliphatic heterocycles. The fourth-order valence-corrected chi connectivity index (χ4v) is 4.96. The number of nitrogens with zero attached hydrogens (tertiary/aromatic N) is 4. The van der Waals surface area contributed by atoms with Crippen LogP contribution in [0.3, 0.4) is 0 Å². The summed E-state index contributed by atoms with van der Waals surface area (Å²) < 4.78 is 71.6. The van der Waals surface area contributed by atoms with E-state index in [1.54, 1.807) is 0 Å². The van der Waals surface area contributed by atoms with E-state index in [1.165, 1.54) is 57.6 Å². The van der Waals surface area contributed by atoms with Gasteiger partial charge in [0, 0.05) is 39.2 Å². The number of carboxylic acid groups (broad SMARTS) is 2. The van der Waals surface area contributed by atoms with Crippen LogP contribution in [0.2, 0.25) is 0 Å². The number of carboxylic acids is 2.